The minimum absolute atomic E-state index is 0.0311. The van der Waals surface area contributed by atoms with Crippen molar-refractivity contribution < 1.29 is 19.6 Å². The van der Waals surface area contributed by atoms with Crippen molar-refractivity contribution in [1.82, 2.24) is 4.98 Å². The van der Waals surface area contributed by atoms with Gasteiger partial charge >= 0.3 is 11.7 Å². The van der Waals surface area contributed by atoms with Gasteiger partial charge in [0, 0.05) is 38.3 Å². The van der Waals surface area contributed by atoms with Gasteiger partial charge in [0.25, 0.3) is 0 Å². The van der Waals surface area contributed by atoms with Crippen LogP contribution in [0.1, 0.15) is 18.4 Å². The number of ether oxygens (including phenoxy) is 1. The molecule has 1 aliphatic rings. The summed E-state index contributed by atoms with van der Waals surface area (Å²) in [5.74, 6) is -1.28. The van der Waals surface area contributed by atoms with E-state index < -0.39 is 22.1 Å². The van der Waals surface area contributed by atoms with Crippen molar-refractivity contribution in [3.63, 3.8) is 0 Å². The van der Waals surface area contributed by atoms with Gasteiger partial charge in [0.2, 0.25) is 5.82 Å². The normalized spacial score (nSPS) is 16.7. The molecule has 2 heterocycles. The lowest BCUT2D eigenvalue weighted by molar-refractivity contribution is -0.384. The van der Waals surface area contributed by atoms with Crippen LogP contribution in [0.25, 0.3) is 0 Å². The van der Waals surface area contributed by atoms with E-state index in [4.69, 9.17) is 10.00 Å². The predicted octanol–water partition coefficient (Wildman–Crippen LogP) is 0.907. The molecule has 0 aliphatic carbocycles. The van der Waals surface area contributed by atoms with E-state index in [0.717, 1.165) is 12.3 Å². The van der Waals surface area contributed by atoms with Crippen LogP contribution in [0.2, 0.25) is 0 Å². The molecule has 1 aromatic rings. The standard InChI is InChI=1S/C12H12N4O5/c13-6-8-5-9(16(19)20)10(14-7-8)15-12(11(17)18)1-3-21-4-2-12/h5,7H,1-4H2,(H,14,15)(H,17,18). The number of anilines is 1. The van der Waals surface area contributed by atoms with Crippen molar-refractivity contribution in [3.8, 4) is 6.07 Å². The number of nitrogens with zero attached hydrogens (tertiary/aromatic N) is 3. The highest BCUT2D eigenvalue weighted by molar-refractivity contribution is 5.83. The van der Waals surface area contributed by atoms with Gasteiger partial charge in [-0.2, -0.15) is 5.26 Å². The van der Waals surface area contributed by atoms with E-state index in [1.165, 1.54) is 0 Å². The minimum Gasteiger partial charge on any atom is -0.480 e. The van der Waals surface area contributed by atoms with E-state index in [1.807, 2.05) is 0 Å². The number of rotatable bonds is 4. The Balaban J connectivity index is 2.39. The Morgan fingerprint density at radius 2 is 2.24 bits per heavy atom. The molecule has 1 fully saturated rings. The fourth-order valence-corrected chi connectivity index (χ4v) is 2.09. The number of hydrogen-bond donors (Lipinski definition) is 2. The van der Waals surface area contributed by atoms with E-state index in [2.05, 4.69) is 10.3 Å². The fourth-order valence-electron chi connectivity index (χ4n) is 2.09. The molecule has 0 spiro atoms. The van der Waals surface area contributed by atoms with Crippen molar-refractivity contribution in [1.29, 1.82) is 5.26 Å². The Bertz CT molecular complexity index is 619. The molecule has 21 heavy (non-hydrogen) atoms. The topological polar surface area (TPSA) is 138 Å². The molecule has 0 radical (unpaired) electrons. The maximum absolute atomic E-state index is 11.5. The summed E-state index contributed by atoms with van der Waals surface area (Å²) in [6.45, 7) is 0.479. The summed E-state index contributed by atoms with van der Waals surface area (Å²) < 4.78 is 5.13. The van der Waals surface area contributed by atoms with Crippen molar-refractivity contribution in [2.24, 2.45) is 0 Å². The van der Waals surface area contributed by atoms with Crippen LogP contribution >= 0.6 is 0 Å². The van der Waals surface area contributed by atoms with Gasteiger partial charge in [-0.3, -0.25) is 10.1 Å². The number of carboxylic acids is 1. The second-order valence-electron chi connectivity index (χ2n) is 4.59. The third kappa shape index (κ3) is 2.90. The van der Waals surface area contributed by atoms with E-state index in [1.54, 1.807) is 6.07 Å². The molecule has 1 saturated heterocycles. The van der Waals surface area contributed by atoms with Crippen LogP contribution in [-0.4, -0.2) is 39.7 Å². The van der Waals surface area contributed by atoms with Gasteiger partial charge in [0.15, 0.2) is 0 Å². The number of hydrogen-bond acceptors (Lipinski definition) is 7. The average molecular weight is 292 g/mol. The van der Waals surface area contributed by atoms with E-state index in [0.29, 0.717) is 0 Å². The molecule has 0 atom stereocenters. The maximum Gasteiger partial charge on any atom is 0.329 e. The van der Waals surface area contributed by atoms with Crippen molar-refractivity contribution in [2.75, 3.05) is 18.5 Å². The number of carbonyl (C=O) groups is 1. The zero-order valence-corrected chi connectivity index (χ0v) is 10.9. The molecule has 1 aliphatic heterocycles. The maximum atomic E-state index is 11.5. The summed E-state index contributed by atoms with van der Waals surface area (Å²) in [7, 11) is 0. The number of nitrogens with one attached hydrogen (secondary N) is 1. The second kappa shape index (κ2) is 5.72. The Kier molecular flexibility index (Phi) is 4.00. The van der Waals surface area contributed by atoms with Gasteiger partial charge < -0.3 is 15.2 Å². The largest absolute Gasteiger partial charge is 0.480 e. The number of nitro groups is 1. The first-order valence-electron chi connectivity index (χ1n) is 6.12. The third-order valence-electron chi connectivity index (χ3n) is 3.31. The number of nitriles is 1. The lowest BCUT2D eigenvalue weighted by Gasteiger charge is -2.34. The van der Waals surface area contributed by atoms with Crippen molar-refractivity contribution in [3.05, 3.63) is 27.9 Å². The SMILES string of the molecule is N#Cc1cnc(NC2(C(=O)O)CCOCC2)c([N+](=O)[O-])c1. The van der Waals surface area contributed by atoms with E-state index in [9.17, 15) is 20.0 Å². The summed E-state index contributed by atoms with van der Waals surface area (Å²) in [4.78, 5) is 25.7. The Labute approximate surface area is 119 Å². The van der Waals surface area contributed by atoms with E-state index >= 15 is 0 Å². The van der Waals surface area contributed by atoms with Gasteiger partial charge in [-0.1, -0.05) is 0 Å². The lowest BCUT2D eigenvalue weighted by atomic mass is 9.90. The lowest BCUT2D eigenvalue weighted by Crippen LogP contribution is -2.50. The first-order chi connectivity index (χ1) is 9.98. The molecular weight excluding hydrogens is 280 g/mol. The van der Waals surface area contributed by atoms with E-state index in [-0.39, 0.29) is 37.4 Å². The third-order valence-corrected chi connectivity index (χ3v) is 3.31. The minimum atomic E-state index is -1.36. The average Bonchev–Trinajstić information content (AvgIpc) is 2.48. The number of pyridine rings is 1. The van der Waals surface area contributed by atoms with Crippen LogP contribution < -0.4 is 5.32 Å². The molecule has 0 bridgehead atoms. The molecule has 110 valence electrons. The van der Waals surface area contributed by atoms with Crippen molar-refractivity contribution in [2.45, 2.75) is 18.4 Å². The summed E-state index contributed by atoms with van der Waals surface area (Å²) in [6.07, 6.45) is 1.49. The summed E-state index contributed by atoms with van der Waals surface area (Å²) in [5, 5.41) is 31.9. The molecule has 2 N–H and O–H groups in total. The Morgan fingerprint density at radius 1 is 1.57 bits per heavy atom. The van der Waals surface area contributed by atoms with Crippen LogP contribution in [0.4, 0.5) is 11.5 Å². The van der Waals surface area contributed by atoms with Gasteiger partial charge in [0.05, 0.1) is 10.5 Å². The van der Waals surface area contributed by atoms with Gasteiger partial charge in [-0.05, 0) is 0 Å². The van der Waals surface area contributed by atoms with Gasteiger partial charge in [0.1, 0.15) is 11.6 Å². The molecule has 9 nitrogen and oxygen atoms in total. The predicted molar refractivity (Wildman–Crippen MR) is 69.6 cm³/mol. The quantitative estimate of drug-likeness (QED) is 0.616. The molecule has 0 saturated carbocycles. The highest BCUT2D eigenvalue weighted by Crippen LogP contribution is 2.30. The Hall–Kier alpha value is -2.73. The van der Waals surface area contributed by atoms with Crippen molar-refractivity contribution >= 4 is 17.5 Å². The molecule has 1 aromatic heterocycles. The number of aromatic nitrogens is 1. The molecule has 0 aromatic carbocycles. The Morgan fingerprint density at radius 3 is 2.76 bits per heavy atom. The van der Waals surface area contributed by atoms with Gasteiger partial charge in [-0.15, -0.1) is 0 Å². The first-order valence-corrected chi connectivity index (χ1v) is 6.12. The monoisotopic (exact) mass is 292 g/mol. The zero-order valence-electron chi connectivity index (χ0n) is 10.9. The molecule has 9 heteroatoms. The zero-order chi connectivity index (χ0) is 15.5. The second-order valence-corrected chi connectivity index (χ2v) is 4.59. The van der Waals surface area contributed by atoms with Crippen LogP contribution in [0.3, 0.4) is 0 Å². The van der Waals surface area contributed by atoms with Crippen LogP contribution in [-0.2, 0) is 9.53 Å². The molecular formula is C12H12N4O5. The summed E-state index contributed by atoms with van der Waals surface area (Å²) in [6, 6.07) is 2.81. The highest BCUT2D eigenvalue weighted by atomic mass is 16.6. The van der Waals surface area contributed by atoms with Gasteiger partial charge in [-0.25, -0.2) is 9.78 Å². The highest BCUT2D eigenvalue weighted by Gasteiger charge is 2.42. The van der Waals surface area contributed by atoms with Crippen LogP contribution in [0.5, 0.6) is 0 Å². The molecule has 0 amide bonds. The smallest absolute Gasteiger partial charge is 0.329 e. The summed E-state index contributed by atoms with van der Waals surface area (Å²) >= 11 is 0. The van der Waals surface area contributed by atoms with Crippen LogP contribution in [0, 0.1) is 21.4 Å². The first kappa shape index (κ1) is 14.7. The van der Waals surface area contributed by atoms with Crippen LogP contribution in [0.15, 0.2) is 12.3 Å². The summed E-state index contributed by atoms with van der Waals surface area (Å²) in [5.41, 5.74) is -1.76. The number of carboxylic acid groups (broad SMARTS) is 1. The number of aliphatic carboxylic acids is 1. The molecule has 0 unspecified atom stereocenters. The fraction of sp³-hybridized carbons (Fsp3) is 0.417. The molecule has 2 rings (SSSR count).